The predicted molar refractivity (Wildman–Crippen MR) is 75.0 cm³/mol. The molecular formula is C14H17NO5S. The fourth-order valence-corrected chi connectivity index (χ4v) is 3.03. The van der Waals surface area contributed by atoms with E-state index in [1.165, 1.54) is 24.3 Å². The fraction of sp³-hybridized carbons (Fsp3) is 0.429. The molecule has 0 spiro atoms. The fourth-order valence-electron chi connectivity index (χ4n) is 2.31. The second-order valence-corrected chi connectivity index (χ2v) is 6.63. The molecule has 1 aromatic rings. The van der Waals surface area contributed by atoms with Gasteiger partial charge in [-0.05, 0) is 43.0 Å². The van der Waals surface area contributed by atoms with Crippen molar-refractivity contribution >= 4 is 15.8 Å². The van der Waals surface area contributed by atoms with E-state index in [9.17, 15) is 8.42 Å². The third-order valence-electron chi connectivity index (χ3n) is 3.61. The summed E-state index contributed by atoms with van der Waals surface area (Å²) in [7, 11) is -3.97. The molecule has 21 heavy (non-hydrogen) atoms. The summed E-state index contributed by atoms with van der Waals surface area (Å²) in [5.41, 5.74) is 0.0415. The summed E-state index contributed by atoms with van der Waals surface area (Å²) in [5, 5.41) is 17.5. The molecule has 114 valence electrons. The average molecular weight is 311 g/mol. The summed E-state index contributed by atoms with van der Waals surface area (Å²) in [6.07, 6.45) is 5.46. The van der Waals surface area contributed by atoms with E-state index < -0.39 is 10.1 Å². The highest BCUT2D eigenvalue weighted by molar-refractivity contribution is 7.86. The van der Waals surface area contributed by atoms with Gasteiger partial charge in [-0.3, -0.25) is 10.4 Å². The minimum absolute atomic E-state index is 0.0415. The van der Waals surface area contributed by atoms with Crippen molar-refractivity contribution in [3.8, 4) is 12.0 Å². The van der Waals surface area contributed by atoms with Gasteiger partial charge in [0.2, 0.25) is 0 Å². The SMILES string of the molecule is CC1CCCC1C#COS(=O)(=O)c1ccc(N(O)O)cc1. The van der Waals surface area contributed by atoms with Crippen LogP contribution in [0.4, 0.5) is 5.69 Å². The van der Waals surface area contributed by atoms with Gasteiger partial charge in [-0.15, -0.1) is 5.23 Å². The lowest BCUT2D eigenvalue weighted by molar-refractivity contribution is 0.0291. The lowest BCUT2D eigenvalue weighted by Crippen LogP contribution is -2.11. The Morgan fingerprint density at radius 1 is 1.24 bits per heavy atom. The number of hydrogen-bond acceptors (Lipinski definition) is 6. The summed E-state index contributed by atoms with van der Waals surface area (Å²) < 4.78 is 28.5. The molecule has 1 saturated carbocycles. The summed E-state index contributed by atoms with van der Waals surface area (Å²) in [6, 6.07) is 4.90. The highest BCUT2D eigenvalue weighted by atomic mass is 32.2. The molecule has 0 aliphatic heterocycles. The second-order valence-electron chi connectivity index (χ2n) is 5.08. The molecular weight excluding hydrogens is 294 g/mol. The van der Waals surface area contributed by atoms with E-state index in [1.807, 2.05) is 0 Å². The highest BCUT2D eigenvalue weighted by Gasteiger charge is 2.22. The molecule has 7 heteroatoms. The van der Waals surface area contributed by atoms with E-state index in [1.54, 1.807) is 0 Å². The van der Waals surface area contributed by atoms with Crippen LogP contribution >= 0.6 is 0 Å². The summed E-state index contributed by atoms with van der Waals surface area (Å²) in [6.45, 7) is 2.09. The predicted octanol–water partition coefficient (Wildman–Crippen LogP) is 2.37. The van der Waals surface area contributed by atoms with Gasteiger partial charge in [-0.1, -0.05) is 19.3 Å². The standard InChI is InChI=1S/C14H17NO5S/c1-11-3-2-4-12(11)9-10-20-21(18,19)14-7-5-13(6-8-14)15(16)17/h5-8,11-12,16-17H,2-4H2,1H3. The maximum absolute atomic E-state index is 11.9. The maximum atomic E-state index is 11.9. The first-order valence-corrected chi connectivity index (χ1v) is 8.03. The Balaban J connectivity index is 2.06. The van der Waals surface area contributed by atoms with Crippen molar-refractivity contribution in [2.45, 2.75) is 31.1 Å². The molecule has 2 rings (SSSR count). The van der Waals surface area contributed by atoms with Crippen LogP contribution in [-0.4, -0.2) is 18.8 Å². The molecule has 2 N–H and O–H groups in total. The van der Waals surface area contributed by atoms with E-state index in [0.29, 0.717) is 5.92 Å². The topological polar surface area (TPSA) is 87.1 Å². The number of nitrogens with zero attached hydrogens (tertiary/aromatic N) is 1. The molecule has 0 amide bonds. The Hall–Kier alpha value is -1.75. The van der Waals surface area contributed by atoms with E-state index >= 15 is 0 Å². The molecule has 6 nitrogen and oxygen atoms in total. The molecule has 0 aromatic heterocycles. The van der Waals surface area contributed by atoms with Crippen molar-refractivity contribution in [1.82, 2.24) is 0 Å². The van der Waals surface area contributed by atoms with Gasteiger partial charge in [0.1, 0.15) is 11.0 Å². The Morgan fingerprint density at radius 3 is 2.43 bits per heavy atom. The van der Waals surface area contributed by atoms with Crippen molar-refractivity contribution in [3.05, 3.63) is 24.3 Å². The van der Waals surface area contributed by atoms with Gasteiger partial charge in [0.05, 0.1) is 5.69 Å². The van der Waals surface area contributed by atoms with Crippen LogP contribution in [0.15, 0.2) is 29.2 Å². The molecule has 1 fully saturated rings. The smallest absolute Gasteiger partial charge is 0.324 e. The maximum Gasteiger partial charge on any atom is 0.347 e. The van der Waals surface area contributed by atoms with Crippen molar-refractivity contribution in [3.63, 3.8) is 0 Å². The Morgan fingerprint density at radius 2 is 1.90 bits per heavy atom. The second kappa shape index (κ2) is 6.35. The van der Waals surface area contributed by atoms with Crippen molar-refractivity contribution < 1.29 is 23.0 Å². The van der Waals surface area contributed by atoms with Gasteiger partial charge in [-0.25, -0.2) is 0 Å². The normalized spacial score (nSPS) is 21.5. The molecule has 1 aliphatic rings. The zero-order valence-corrected chi connectivity index (χ0v) is 12.4. The zero-order chi connectivity index (χ0) is 15.5. The largest absolute Gasteiger partial charge is 0.347 e. The van der Waals surface area contributed by atoms with Crippen LogP contribution in [-0.2, 0) is 14.3 Å². The molecule has 0 saturated heterocycles. The van der Waals surface area contributed by atoms with Crippen LogP contribution < -0.4 is 5.23 Å². The zero-order valence-electron chi connectivity index (χ0n) is 11.6. The molecule has 0 heterocycles. The van der Waals surface area contributed by atoms with Gasteiger partial charge >= 0.3 is 10.1 Å². The van der Waals surface area contributed by atoms with Gasteiger partial charge in [0.15, 0.2) is 0 Å². The molecule has 0 bridgehead atoms. The third-order valence-corrected chi connectivity index (χ3v) is 4.77. The Bertz CT molecular complexity index is 642. The minimum Gasteiger partial charge on any atom is -0.324 e. The lowest BCUT2D eigenvalue weighted by Gasteiger charge is -2.08. The van der Waals surface area contributed by atoms with Crippen molar-refractivity contribution in [1.29, 1.82) is 0 Å². The van der Waals surface area contributed by atoms with Gasteiger partial charge in [-0.2, -0.15) is 8.42 Å². The van der Waals surface area contributed by atoms with Crippen LogP contribution in [0.5, 0.6) is 0 Å². The summed E-state index contributed by atoms with van der Waals surface area (Å²) in [4.78, 5) is -0.0955. The molecule has 1 aliphatic carbocycles. The van der Waals surface area contributed by atoms with Crippen LogP contribution in [0.1, 0.15) is 26.2 Å². The van der Waals surface area contributed by atoms with Crippen LogP contribution in [0.2, 0.25) is 0 Å². The van der Waals surface area contributed by atoms with Gasteiger partial charge < -0.3 is 4.18 Å². The third kappa shape index (κ3) is 3.88. The van der Waals surface area contributed by atoms with Crippen molar-refractivity contribution in [2.24, 2.45) is 11.8 Å². The van der Waals surface area contributed by atoms with Crippen LogP contribution in [0.25, 0.3) is 0 Å². The Labute approximate surface area is 124 Å². The molecule has 2 unspecified atom stereocenters. The van der Waals surface area contributed by atoms with Gasteiger partial charge in [0, 0.05) is 5.92 Å². The first kappa shape index (κ1) is 15.6. The van der Waals surface area contributed by atoms with Crippen LogP contribution in [0, 0.1) is 23.9 Å². The monoisotopic (exact) mass is 311 g/mol. The first-order valence-electron chi connectivity index (χ1n) is 6.62. The van der Waals surface area contributed by atoms with E-state index in [4.69, 9.17) is 14.6 Å². The quantitative estimate of drug-likeness (QED) is 0.506. The summed E-state index contributed by atoms with van der Waals surface area (Å²) >= 11 is 0. The molecule has 2 atom stereocenters. The lowest BCUT2D eigenvalue weighted by atomic mass is 10.00. The Kier molecular flexibility index (Phi) is 4.73. The molecule has 1 aromatic carbocycles. The first-order chi connectivity index (χ1) is 9.90. The van der Waals surface area contributed by atoms with E-state index in [2.05, 4.69) is 19.0 Å². The van der Waals surface area contributed by atoms with Crippen LogP contribution in [0.3, 0.4) is 0 Å². The van der Waals surface area contributed by atoms with E-state index in [-0.39, 0.29) is 21.7 Å². The van der Waals surface area contributed by atoms with E-state index in [0.717, 1.165) is 19.3 Å². The summed E-state index contributed by atoms with van der Waals surface area (Å²) in [5.74, 6) is 3.49. The van der Waals surface area contributed by atoms with Gasteiger partial charge in [0.25, 0.3) is 0 Å². The molecule has 0 radical (unpaired) electrons. The number of rotatable bonds is 3. The highest BCUT2D eigenvalue weighted by Crippen LogP contribution is 2.30. The van der Waals surface area contributed by atoms with Crippen molar-refractivity contribution in [2.75, 3.05) is 5.23 Å². The number of hydrogen-bond donors (Lipinski definition) is 2. The minimum atomic E-state index is -3.97. The number of benzene rings is 1. The average Bonchev–Trinajstić information content (AvgIpc) is 2.84. The number of anilines is 1.